The Kier molecular flexibility index (Phi) is 10.8. The maximum absolute atomic E-state index is 13.7. The largest absolute Gasteiger partial charge is 0.481 e. The molecule has 1 aromatic heterocycles. The highest BCUT2D eigenvalue weighted by Gasteiger charge is 2.20. The maximum atomic E-state index is 13.7. The number of carbonyl (C=O) groups is 3. The summed E-state index contributed by atoms with van der Waals surface area (Å²) in [5, 5.41) is 15.5. The summed E-state index contributed by atoms with van der Waals surface area (Å²) in [6.45, 7) is 0.270. The molecule has 1 heterocycles. The van der Waals surface area contributed by atoms with Gasteiger partial charge in [0, 0.05) is 17.8 Å². The number of thiazole rings is 1. The fourth-order valence-corrected chi connectivity index (χ4v) is 6.10. The molecule has 11 heteroatoms. The van der Waals surface area contributed by atoms with Crippen LogP contribution in [0.1, 0.15) is 61.0 Å². The summed E-state index contributed by atoms with van der Waals surface area (Å²) in [7, 11) is 0. The number of aromatic nitrogens is 1. The number of allylic oxidation sites excluding steroid dienone is 2. The van der Waals surface area contributed by atoms with E-state index in [2.05, 4.69) is 21.7 Å². The number of nitrogens with zero attached hydrogens (tertiary/aromatic N) is 2. The molecule has 0 saturated carbocycles. The van der Waals surface area contributed by atoms with Crippen LogP contribution in [0.3, 0.4) is 0 Å². The van der Waals surface area contributed by atoms with Crippen molar-refractivity contribution < 1.29 is 19.5 Å². The average Bonchev–Trinajstić information content (AvgIpc) is 3.41. The van der Waals surface area contributed by atoms with Crippen molar-refractivity contribution in [3.05, 3.63) is 93.5 Å². The molecular formula is C32H32Cl2N4O4S. The lowest BCUT2D eigenvalue weighted by Gasteiger charge is -2.23. The third kappa shape index (κ3) is 7.93. The molecule has 0 aliphatic heterocycles. The number of carboxylic acid groups (broad SMARTS) is 1. The number of nitrogens with one attached hydrogen (secondary N) is 2. The van der Waals surface area contributed by atoms with Gasteiger partial charge in [-0.2, -0.15) is 0 Å². The van der Waals surface area contributed by atoms with Crippen LogP contribution in [0.25, 0.3) is 15.8 Å². The normalized spacial score (nSPS) is 12.7. The second-order valence-corrected chi connectivity index (χ2v) is 11.6. The lowest BCUT2D eigenvalue weighted by Crippen LogP contribution is -2.34. The van der Waals surface area contributed by atoms with Crippen LogP contribution in [0.5, 0.6) is 0 Å². The number of halogens is 2. The van der Waals surface area contributed by atoms with Gasteiger partial charge in [0.25, 0.3) is 5.91 Å². The number of fused-ring (bicyclic) bond motifs is 1. The molecule has 0 bridgehead atoms. The molecule has 1 aliphatic rings. The van der Waals surface area contributed by atoms with Gasteiger partial charge in [0.1, 0.15) is 0 Å². The standard InChI is InChI=1S/C31H28Cl2N4O4S.CH4/c32-24-14-15-25-28(27(24)33)42-30(35-25)36-31(41)37(23-12-10-21(11-13-23)20-4-2-1-3-5-20)18-19-6-8-22(9-7-19)29(40)34-17-16-26(38)39;/h4,6-15H,1-3,5,16-18H2,(H,34,40)(H,38,39)(H,35,36,41);1H4. The number of rotatable bonds is 9. The molecule has 224 valence electrons. The number of anilines is 2. The van der Waals surface area contributed by atoms with E-state index in [0.717, 1.165) is 24.0 Å². The van der Waals surface area contributed by atoms with E-state index < -0.39 is 5.97 Å². The number of urea groups is 1. The molecule has 3 N–H and O–H groups in total. The minimum atomic E-state index is -0.981. The number of carbonyl (C=O) groups excluding carboxylic acids is 2. The summed E-state index contributed by atoms with van der Waals surface area (Å²) in [5.74, 6) is -1.34. The number of carboxylic acids is 1. The molecular weight excluding hydrogens is 607 g/mol. The van der Waals surface area contributed by atoms with E-state index in [1.54, 1.807) is 41.3 Å². The van der Waals surface area contributed by atoms with Gasteiger partial charge in [-0.15, -0.1) is 0 Å². The first-order valence-electron chi connectivity index (χ1n) is 13.5. The number of hydrogen-bond acceptors (Lipinski definition) is 5. The lowest BCUT2D eigenvalue weighted by molar-refractivity contribution is -0.136. The Bertz CT molecular complexity index is 1650. The Morgan fingerprint density at radius 2 is 1.72 bits per heavy atom. The highest BCUT2D eigenvalue weighted by molar-refractivity contribution is 7.23. The molecule has 3 amide bonds. The Labute approximate surface area is 264 Å². The first-order chi connectivity index (χ1) is 20.3. The second kappa shape index (κ2) is 14.5. The number of hydrogen-bond donors (Lipinski definition) is 3. The predicted octanol–water partition coefficient (Wildman–Crippen LogP) is 8.64. The molecule has 0 spiro atoms. The summed E-state index contributed by atoms with van der Waals surface area (Å²) < 4.78 is 0.688. The Morgan fingerprint density at radius 1 is 0.977 bits per heavy atom. The van der Waals surface area contributed by atoms with Crippen molar-refractivity contribution in [2.75, 3.05) is 16.8 Å². The molecule has 0 atom stereocenters. The lowest BCUT2D eigenvalue weighted by atomic mass is 9.93. The van der Waals surface area contributed by atoms with Gasteiger partial charge < -0.3 is 10.4 Å². The fourth-order valence-electron chi connectivity index (χ4n) is 4.71. The number of aliphatic carboxylic acids is 1. The molecule has 0 saturated heterocycles. The zero-order valence-corrected chi connectivity index (χ0v) is 24.9. The van der Waals surface area contributed by atoms with E-state index in [4.69, 9.17) is 28.3 Å². The molecule has 8 nitrogen and oxygen atoms in total. The molecule has 0 unspecified atom stereocenters. The van der Waals surface area contributed by atoms with E-state index in [1.807, 2.05) is 24.3 Å². The third-order valence-electron chi connectivity index (χ3n) is 6.93. The van der Waals surface area contributed by atoms with E-state index in [-0.39, 0.29) is 38.9 Å². The van der Waals surface area contributed by atoms with Crippen LogP contribution in [0.4, 0.5) is 15.6 Å². The molecule has 4 aromatic rings. The zero-order chi connectivity index (χ0) is 29.6. The van der Waals surface area contributed by atoms with Crippen molar-refractivity contribution in [3.8, 4) is 0 Å². The van der Waals surface area contributed by atoms with Gasteiger partial charge in [-0.25, -0.2) is 9.78 Å². The number of amides is 3. The summed E-state index contributed by atoms with van der Waals surface area (Å²) in [6.07, 6.45) is 6.64. The average molecular weight is 640 g/mol. The Balaban J connectivity index is 0.00000423. The highest BCUT2D eigenvalue weighted by Crippen LogP contribution is 2.37. The van der Waals surface area contributed by atoms with Gasteiger partial charge in [-0.1, -0.05) is 72.3 Å². The van der Waals surface area contributed by atoms with Gasteiger partial charge in [0.05, 0.1) is 33.2 Å². The van der Waals surface area contributed by atoms with Gasteiger partial charge in [-0.05, 0) is 78.8 Å². The molecule has 0 fully saturated rings. The van der Waals surface area contributed by atoms with Crippen LogP contribution in [-0.4, -0.2) is 34.5 Å². The van der Waals surface area contributed by atoms with Crippen LogP contribution in [0.15, 0.2) is 66.7 Å². The predicted molar refractivity (Wildman–Crippen MR) is 175 cm³/mol. The van der Waals surface area contributed by atoms with Crippen molar-refractivity contribution in [3.63, 3.8) is 0 Å². The topological polar surface area (TPSA) is 112 Å². The van der Waals surface area contributed by atoms with Crippen molar-refractivity contribution in [2.45, 2.75) is 46.1 Å². The van der Waals surface area contributed by atoms with E-state index >= 15 is 0 Å². The van der Waals surface area contributed by atoms with Crippen LogP contribution >= 0.6 is 34.5 Å². The SMILES string of the molecule is C.O=C(O)CCNC(=O)c1ccc(CN(C(=O)Nc2nc3ccc(Cl)c(Cl)c3s2)c2ccc(C3=CCCCC3)cc2)cc1. The quantitative estimate of drug-likeness (QED) is 0.170. The minimum absolute atomic E-state index is 0. The second-order valence-electron chi connectivity index (χ2n) is 9.86. The van der Waals surface area contributed by atoms with Gasteiger partial charge in [0.15, 0.2) is 5.13 Å². The minimum Gasteiger partial charge on any atom is -0.481 e. The molecule has 1 aliphatic carbocycles. The van der Waals surface area contributed by atoms with Crippen molar-refractivity contribution in [1.29, 1.82) is 0 Å². The summed E-state index contributed by atoms with van der Waals surface area (Å²) in [5.41, 5.74) is 5.01. The van der Waals surface area contributed by atoms with Gasteiger partial charge in [0.2, 0.25) is 0 Å². The molecule has 43 heavy (non-hydrogen) atoms. The first kappa shape index (κ1) is 32.0. The monoisotopic (exact) mass is 638 g/mol. The summed E-state index contributed by atoms with van der Waals surface area (Å²) in [4.78, 5) is 42.9. The van der Waals surface area contributed by atoms with Crippen LogP contribution in [0.2, 0.25) is 10.0 Å². The van der Waals surface area contributed by atoms with Crippen molar-refractivity contribution in [1.82, 2.24) is 10.3 Å². The molecule has 3 aromatic carbocycles. The first-order valence-corrected chi connectivity index (χ1v) is 15.1. The summed E-state index contributed by atoms with van der Waals surface area (Å²) in [6, 6.07) is 17.8. The zero-order valence-electron chi connectivity index (χ0n) is 22.5. The Morgan fingerprint density at radius 3 is 2.40 bits per heavy atom. The maximum Gasteiger partial charge on any atom is 0.328 e. The van der Waals surface area contributed by atoms with E-state index in [9.17, 15) is 14.4 Å². The van der Waals surface area contributed by atoms with Crippen LogP contribution < -0.4 is 15.5 Å². The number of benzene rings is 3. The fraction of sp³-hybridized carbons (Fsp3) is 0.250. The van der Waals surface area contributed by atoms with Crippen molar-refractivity contribution in [2.24, 2.45) is 0 Å². The Hall–Kier alpha value is -3.92. The third-order valence-corrected chi connectivity index (χ3v) is 8.85. The van der Waals surface area contributed by atoms with Crippen molar-refractivity contribution >= 4 is 79.1 Å². The van der Waals surface area contributed by atoms with Crippen LogP contribution in [-0.2, 0) is 11.3 Å². The highest BCUT2D eigenvalue weighted by atomic mass is 35.5. The van der Waals surface area contributed by atoms with E-state index in [1.165, 1.54) is 29.8 Å². The van der Waals surface area contributed by atoms with Crippen LogP contribution in [0, 0.1) is 0 Å². The van der Waals surface area contributed by atoms with Gasteiger partial charge in [-0.3, -0.25) is 19.8 Å². The molecule has 5 rings (SSSR count). The summed E-state index contributed by atoms with van der Waals surface area (Å²) >= 11 is 13.8. The molecule has 0 radical (unpaired) electrons. The van der Waals surface area contributed by atoms with Gasteiger partial charge >= 0.3 is 12.0 Å². The van der Waals surface area contributed by atoms with E-state index in [0.29, 0.717) is 36.6 Å². The smallest absolute Gasteiger partial charge is 0.328 e.